The fraction of sp³-hybridized carbons (Fsp3) is 0.381. The van der Waals surface area contributed by atoms with Crippen molar-refractivity contribution in [3.05, 3.63) is 35.4 Å². The van der Waals surface area contributed by atoms with E-state index in [-0.39, 0.29) is 12.7 Å². The highest BCUT2D eigenvalue weighted by Gasteiger charge is 2.34. The predicted molar refractivity (Wildman–Crippen MR) is 111 cm³/mol. The predicted octanol–water partition coefficient (Wildman–Crippen LogP) is 2.18. The van der Waals surface area contributed by atoms with E-state index in [9.17, 15) is 4.79 Å². The van der Waals surface area contributed by atoms with Crippen LogP contribution in [0.1, 0.15) is 30.4 Å². The number of methoxy groups -OCH3 is 2. The van der Waals surface area contributed by atoms with Gasteiger partial charge in [0.15, 0.2) is 29.2 Å². The summed E-state index contributed by atoms with van der Waals surface area (Å²) in [5.74, 6) is 2.86. The third-order valence-electron chi connectivity index (χ3n) is 5.10. The summed E-state index contributed by atoms with van der Waals surface area (Å²) in [7, 11) is 3.07. The first-order chi connectivity index (χ1) is 15.5. The fourth-order valence-electron chi connectivity index (χ4n) is 3.71. The zero-order valence-corrected chi connectivity index (χ0v) is 17.9. The quantitative estimate of drug-likeness (QED) is 0.411. The summed E-state index contributed by atoms with van der Waals surface area (Å²) >= 11 is 0. The summed E-state index contributed by atoms with van der Waals surface area (Å²) in [5.41, 5.74) is 12.1. The van der Waals surface area contributed by atoms with Crippen LogP contribution in [-0.4, -0.2) is 39.9 Å². The molecule has 2 heterocycles. The fourth-order valence-corrected chi connectivity index (χ4v) is 3.71. The molecule has 2 atom stereocenters. The largest absolute Gasteiger partial charge is 0.493 e. The van der Waals surface area contributed by atoms with Crippen molar-refractivity contribution < 1.29 is 38.3 Å². The lowest BCUT2D eigenvalue weighted by molar-refractivity contribution is -0.203. The van der Waals surface area contributed by atoms with Crippen LogP contribution >= 0.6 is 0 Å². The maximum absolute atomic E-state index is 11.2. The molecule has 0 radical (unpaired) electrons. The number of carbonyl (C=O) groups is 1. The van der Waals surface area contributed by atoms with Crippen LogP contribution in [0.15, 0.2) is 24.3 Å². The lowest BCUT2D eigenvalue weighted by Crippen LogP contribution is -2.50. The van der Waals surface area contributed by atoms with E-state index in [4.69, 9.17) is 39.2 Å². The van der Waals surface area contributed by atoms with Gasteiger partial charge in [0.2, 0.25) is 12.5 Å². The van der Waals surface area contributed by atoms with Crippen LogP contribution in [0.4, 0.5) is 4.79 Å². The minimum atomic E-state index is -0.720. The molecule has 11 nitrogen and oxygen atoms in total. The molecule has 32 heavy (non-hydrogen) atoms. The first kappa shape index (κ1) is 21.7. The van der Waals surface area contributed by atoms with Gasteiger partial charge in [0.25, 0.3) is 0 Å². The molecule has 2 aromatic rings. The summed E-state index contributed by atoms with van der Waals surface area (Å²) < 4.78 is 28.1. The first-order valence-corrected chi connectivity index (χ1v) is 10.0. The summed E-state index contributed by atoms with van der Waals surface area (Å²) in [5, 5.41) is 0. The molecule has 2 unspecified atom stereocenters. The molecular formula is C21H25N3O8. The van der Waals surface area contributed by atoms with E-state index in [0.717, 1.165) is 11.1 Å². The zero-order chi connectivity index (χ0) is 22.7. The van der Waals surface area contributed by atoms with E-state index in [1.165, 1.54) is 14.2 Å². The molecule has 0 aliphatic carbocycles. The molecule has 4 rings (SSSR count). The molecule has 0 bridgehead atoms. The number of rotatable bonds is 8. The smallest absolute Gasteiger partial charge is 0.326 e. The van der Waals surface area contributed by atoms with Gasteiger partial charge in [-0.2, -0.15) is 10.3 Å². The Hall–Kier alpha value is -3.57. The Morgan fingerprint density at radius 3 is 2.41 bits per heavy atom. The number of fused-ring (bicyclic) bond motifs is 2. The van der Waals surface area contributed by atoms with E-state index in [1.54, 1.807) is 6.07 Å². The Balaban J connectivity index is 1.76. The lowest BCUT2D eigenvalue weighted by atomic mass is 9.85. The minimum Gasteiger partial charge on any atom is -0.493 e. The average molecular weight is 447 g/mol. The molecule has 0 saturated heterocycles. The Morgan fingerprint density at radius 2 is 1.78 bits per heavy atom. The number of ether oxygens (including phenoxy) is 5. The SMILES string of the molecule is CCOOc1c(OC)cc(C2CC(NNC(N)=O)Oc3cc4c(cc32)OCO4)cc1OC. The summed E-state index contributed by atoms with van der Waals surface area (Å²) in [4.78, 5) is 21.6. The Bertz CT molecular complexity index is 974. The number of nitrogens with two attached hydrogens (primary N) is 1. The highest BCUT2D eigenvalue weighted by molar-refractivity contribution is 5.71. The molecule has 4 N–H and O–H groups in total. The number of hydrogen-bond donors (Lipinski definition) is 3. The Labute approximate surface area is 184 Å². The molecule has 0 aromatic heterocycles. The van der Waals surface area contributed by atoms with Gasteiger partial charge in [-0.05, 0) is 30.7 Å². The number of hydrazine groups is 1. The number of benzene rings is 2. The second-order valence-corrected chi connectivity index (χ2v) is 7.02. The second-order valence-electron chi connectivity index (χ2n) is 7.02. The number of carbonyl (C=O) groups excluding carboxylic acids is 1. The molecule has 0 saturated carbocycles. The molecule has 2 aliphatic rings. The van der Waals surface area contributed by atoms with Gasteiger partial charge < -0.3 is 34.3 Å². The summed E-state index contributed by atoms with van der Waals surface area (Å²) in [6.07, 6.45) is -0.0954. The molecule has 2 aliphatic heterocycles. The Kier molecular flexibility index (Phi) is 6.28. The monoisotopic (exact) mass is 447 g/mol. The molecular weight excluding hydrogens is 422 g/mol. The third kappa shape index (κ3) is 4.25. The molecule has 11 heteroatoms. The molecule has 0 spiro atoms. The topological polar surface area (TPSA) is 132 Å². The van der Waals surface area contributed by atoms with Gasteiger partial charge in [-0.15, -0.1) is 0 Å². The number of primary amides is 1. The van der Waals surface area contributed by atoms with Gasteiger partial charge in [0.1, 0.15) is 5.75 Å². The van der Waals surface area contributed by atoms with Crippen LogP contribution in [0.2, 0.25) is 0 Å². The highest BCUT2D eigenvalue weighted by atomic mass is 17.2. The van der Waals surface area contributed by atoms with Crippen molar-refractivity contribution in [1.82, 2.24) is 10.9 Å². The highest BCUT2D eigenvalue weighted by Crippen LogP contribution is 2.49. The third-order valence-corrected chi connectivity index (χ3v) is 5.10. The van der Waals surface area contributed by atoms with Crippen LogP contribution in [0.25, 0.3) is 0 Å². The van der Waals surface area contributed by atoms with Crippen LogP contribution in [0.5, 0.6) is 34.5 Å². The van der Waals surface area contributed by atoms with E-state index in [0.29, 0.717) is 47.5 Å². The number of amides is 2. The standard InChI is InChI=1S/C21H25N3O8/c1-4-30-32-20-17(26-2)5-11(6-18(20)27-3)12-8-19(23-24-21(22)25)31-14-9-16-15(7-13(12)14)28-10-29-16/h5-7,9,12,19,23H,4,8,10H2,1-3H3,(H3,22,24,25). The summed E-state index contributed by atoms with van der Waals surface area (Å²) in [6, 6.07) is 6.63. The van der Waals surface area contributed by atoms with Crippen molar-refractivity contribution >= 4 is 6.03 Å². The van der Waals surface area contributed by atoms with E-state index < -0.39 is 12.3 Å². The van der Waals surface area contributed by atoms with Crippen LogP contribution in [0, 0.1) is 0 Å². The second kappa shape index (κ2) is 9.28. The van der Waals surface area contributed by atoms with Gasteiger partial charge in [0, 0.05) is 24.0 Å². The maximum atomic E-state index is 11.2. The average Bonchev–Trinajstić information content (AvgIpc) is 3.26. The van der Waals surface area contributed by atoms with Crippen molar-refractivity contribution in [3.8, 4) is 34.5 Å². The van der Waals surface area contributed by atoms with Crippen molar-refractivity contribution in [1.29, 1.82) is 0 Å². The van der Waals surface area contributed by atoms with Crippen LogP contribution in [0.3, 0.4) is 0 Å². The van der Waals surface area contributed by atoms with Gasteiger partial charge in [-0.25, -0.2) is 4.79 Å². The molecule has 0 fully saturated rings. The van der Waals surface area contributed by atoms with Crippen molar-refractivity contribution in [2.45, 2.75) is 25.5 Å². The number of nitrogens with one attached hydrogen (secondary N) is 2. The van der Waals surface area contributed by atoms with Gasteiger partial charge in [-0.1, -0.05) is 0 Å². The number of hydrogen-bond acceptors (Lipinski definition) is 9. The van der Waals surface area contributed by atoms with E-state index in [2.05, 4.69) is 10.9 Å². The van der Waals surface area contributed by atoms with E-state index in [1.807, 2.05) is 25.1 Å². The molecule has 2 amide bonds. The van der Waals surface area contributed by atoms with Crippen molar-refractivity contribution in [2.75, 3.05) is 27.6 Å². The first-order valence-electron chi connectivity index (χ1n) is 10.0. The molecule has 172 valence electrons. The van der Waals surface area contributed by atoms with Crippen molar-refractivity contribution in [3.63, 3.8) is 0 Å². The van der Waals surface area contributed by atoms with Crippen LogP contribution < -0.4 is 45.2 Å². The summed E-state index contributed by atoms with van der Waals surface area (Å²) in [6.45, 7) is 2.30. The normalized spacial score (nSPS) is 18.3. The van der Waals surface area contributed by atoms with Gasteiger partial charge in [-0.3, -0.25) is 5.43 Å². The van der Waals surface area contributed by atoms with Crippen molar-refractivity contribution in [2.24, 2.45) is 5.73 Å². The maximum Gasteiger partial charge on any atom is 0.326 e. The lowest BCUT2D eigenvalue weighted by Gasteiger charge is -2.33. The van der Waals surface area contributed by atoms with Gasteiger partial charge >= 0.3 is 6.03 Å². The van der Waals surface area contributed by atoms with E-state index >= 15 is 0 Å². The molecule has 2 aromatic carbocycles. The zero-order valence-electron chi connectivity index (χ0n) is 17.9. The van der Waals surface area contributed by atoms with Crippen LogP contribution in [-0.2, 0) is 4.89 Å². The minimum absolute atomic E-state index is 0.138. The number of urea groups is 1. The Morgan fingerprint density at radius 1 is 1.09 bits per heavy atom. The van der Waals surface area contributed by atoms with Gasteiger partial charge in [0.05, 0.1) is 20.8 Å².